The van der Waals surface area contributed by atoms with Crippen molar-refractivity contribution in [2.24, 2.45) is 0 Å². The molecule has 1 atom stereocenters. The number of anilines is 1. The van der Waals surface area contributed by atoms with E-state index in [1.165, 1.54) is 0 Å². The van der Waals surface area contributed by atoms with Crippen molar-refractivity contribution in [3.63, 3.8) is 0 Å². The summed E-state index contributed by atoms with van der Waals surface area (Å²) in [4.78, 5) is 12.4. The first-order valence-corrected chi connectivity index (χ1v) is 10.2. The summed E-state index contributed by atoms with van der Waals surface area (Å²) in [6, 6.07) is 14.2. The maximum atomic E-state index is 12.4. The van der Waals surface area contributed by atoms with Crippen molar-refractivity contribution in [1.29, 1.82) is 0 Å². The number of halogens is 4. The van der Waals surface area contributed by atoms with Gasteiger partial charge in [0.2, 0.25) is 3.79 Å². The van der Waals surface area contributed by atoms with Crippen LogP contribution in [0.15, 0.2) is 48.5 Å². The molecule has 2 rings (SSSR count). The van der Waals surface area contributed by atoms with E-state index in [-0.39, 0.29) is 5.11 Å². The topological polar surface area (TPSA) is 62.4 Å². The van der Waals surface area contributed by atoms with E-state index in [2.05, 4.69) is 38.5 Å². The lowest BCUT2D eigenvalue weighted by atomic mass is 10.2. The molecule has 2 aromatic carbocycles. The second-order valence-electron chi connectivity index (χ2n) is 5.25. The molecule has 0 spiro atoms. The average Bonchev–Trinajstić information content (AvgIpc) is 2.61. The fourth-order valence-electron chi connectivity index (χ4n) is 2.05. The van der Waals surface area contributed by atoms with E-state index in [0.717, 1.165) is 3.57 Å². The normalized spacial score (nSPS) is 12.0. The molecule has 0 bridgehead atoms. The minimum absolute atomic E-state index is 0.152. The third-order valence-electron chi connectivity index (χ3n) is 3.34. The summed E-state index contributed by atoms with van der Waals surface area (Å²) in [6.45, 7) is 0. The molecule has 144 valence electrons. The van der Waals surface area contributed by atoms with Gasteiger partial charge in [-0.15, -0.1) is 0 Å². The van der Waals surface area contributed by atoms with Gasteiger partial charge in [0, 0.05) is 9.13 Å². The SMILES string of the molecule is COc1ccccc1NC(=S)N[C@@H](NC(=O)c1ccc(I)cc1)C(Cl)(Cl)Cl. The highest BCUT2D eigenvalue weighted by Crippen LogP contribution is 2.30. The highest BCUT2D eigenvalue weighted by Gasteiger charge is 2.35. The Kier molecular flexibility index (Phi) is 8.23. The van der Waals surface area contributed by atoms with Crippen molar-refractivity contribution < 1.29 is 9.53 Å². The standard InChI is InChI=1S/C17H15Cl3IN3O2S/c1-26-13-5-3-2-4-12(13)22-16(27)24-15(17(18,19)20)23-14(25)10-6-8-11(21)9-7-10/h2-9,15H,1H3,(H,23,25)(H2,22,24,27)/t15-/m1/s1. The van der Waals surface area contributed by atoms with E-state index in [4.69, 9.17) is 51.8 Å². The lowest BCUT2D eigenvalue weighted by Crippen LogP contribution is -2.56. The van der Waals surface area contributed by atoms with Crippen LogP contribution in [0, 0.1) is 3.57 Å². The highest BCUT2D eigenvalue weighted by atomic mass is 127. The van der Waals surface area contributed by atoms with Crippen LogP contribution < -0.4 is 20.7 Å². The molecule has 0 unspecified atom stereocenters. The van der Waals surface area contributed by atoms with Gasteiger partial charge in [0.25, 0.3) is 5.91 Å². The Morgan fingerprint density at radius 3 is 2.33 bits per heavy atom. The first kappa shape index (κ1) is 22.3. The molecule has 10 heteroatoms. The molecule has 0 aromatic heterocycles. The monoisotopic (exact) mass is 557 g/mol. The van der Waals surface area contributed by atoms with Crippen LogP contribution in [-0.4, -0.2) is 28.1 Å². The second kappa shape index (κ2) is 9.97. The van der Waals surface area contributed by atoms with Gasteiger partial charge in [-0.25, -0.2) is 0 Å². The van der Waals surface area contributed by atoms with Crippen molar-refractivity contribution in [2.75, 3.05) is 12.4 Å². The lowest BCUT2D eigenvalue weighted by molar-refractivity contribution is 0.0934. The molecule has 0 saturated carbocycles. The second-order valence-corrected chi connectivity index (χ2v) is 9.28. The van der Waals surface area contributed by atoms with Crippen LogP contribution in [0.3, 0.4) is 0 Å². The van der Waals surface area contributed by atoms with Gasteiger partial charge in [-0.2, -0.15) is 0 Å². The Labute approximate surface area is 191 Å². The van der Waals surface area contributed by atoms with Crippen molar-refractivity contribution in [3.05, 3.63) is 57.7 Å². The highest BCUT2D eigenvalue weighted by molar-refractivity contribution is 14.1. The number of alkyl halides is 3. The number of hydrogen-bond donors (Lipinski definition) is 3. The number of ether oxygens (including phenoxy) is 1. The van der Waals surface area contributed by atoms with Crippen LogP contribution in [0.5, 0.6) is 5.75 Å². The first-order valence-electron chi connectivity index (χ1n) is 7.54. The fourth-order valence-corrected chi connectivity index (χ4v) is 2.97. The molecule has 1 amide bonds. The largest absolute Gasteiger partial charge is 0.495 e. The third kappa shape index (κ3) is 6.83. The zero-order valence-electron chi connectivity index (χ0n) is 13.9. The van der Waals surface area contributed by atoms with Gasteiger partial charge in [-0.05, 0) is 71.2 Å². The van der Waals surface area contributed by atoms with Crippen LogP contribution >= 0.6 is 69.6 Å². The summed E-state index contributed by atoms with van der Waals surface area (Å²) >= 11 is 25.4. The minimum atomic E-state index is -1.84. The Morgan fingerprint density at radius 2 is 1.74 bits per heavy atom. The minimum Gasteiger partial charge on any atom is -0.495 e. The van der Waals surface area contributed by atoms with Crippen LogP contribution in [0.25, 0.3) is 0 Å². The Hall–Kier alpha value is -1.000. The first-order chi connectivity index (χ1) is 12.7. The van der Waals surface area contributed by atoms with E-state index in [1.807, 2.05) is 12.1 Å². The smallest absolute Gasteiger partial charge is 0.252 e. The molecule has 5 nitrogen and oxygen atoms in total. The predicted molar refractivity (Wildman–Crippen MR) is 123 cm³/mol. The van der Waals surface area contributed by atoms with Gasteiger partial charge in [0.1, 0.15) is 11.9 Å². The number of benzene rings is 2. The van der Waals surface area contributed by atoms with Crippen LogP contribution in [0.2, 0.25) is 0 Å². The van der Waals surface area contributed by atoms with Gasteiger partial charge >= 0.3 is 0 Å². The molecular weight excluding hydrogens is 544 g/mol. The maximum Gasteiger partial charge on any atom is 0.252 e. The number of para-hydroxylation sites is 2. The molecular formula is C17H15Cl3IN3O2S. The number of hydrogen-bond acceptors (Lipinski definition) is 3. The predicted octanol–water partition coefficient (Wildman–Crippen LogP) is 4.71. The van der Waals surface area contributed by atoms with E-state index in [0.29, 0.717) is 17.0 Å². The van der Waals surface area contributed by atoms with Gasteiger partial charge in [0.15, 0.2) is 5.11 Å². The third-order valence-corrected chi connectivity index (χ3v) is 4.93. The lowest BCUT2D eigenvalue weighted by Gasteiger charge is -2.28. The molecule has 0 aliphatic heterocycles. The number of rotatable bonds is 5. The number of amides is 1. The number of nitrogens with one attached hydrogen (secondary N) is 3. The molecule has 0 saturated heterocycles. The summed E-state index contributed by atoms with van der Waals surface area (Å²) < 4.78 is 4.41. The zero-order chi connectivity index (χ0) is 20.0. The van der Waals surface area contributed by atoms with Gasteiger partial charge in [0.05, 0.1) is 12.8 Å². The van der Waals surface area contributed by atoms with Crippen LogP contribution in [0.4, 0.5) is 5.69 Å². The van der Waals surface area contributed by atoms with Gasteiger partial charge < -0.3 is 20.7 Å². The molecule has 27 heavy (non-hydrogen) atoms. The summed E-state index contributed by atoms with van der Waals surface area (Å²) in [6.07, 6.45) is -1.07. The van der Waals surface area contributed by atoms with E-state index >= 15 is 0 Å². The van der Waals surface area contributed by atoms with E-state index < -0.39 is 15.9 Å². The number of thiocarbonyl (C=S) groups is 1. The fraction of sp³-hybridized carbons (Fsp3) is 0.176. The Bertz CT molecular complexity index is 816. The van der Waals surface area contributed by atoms with Crippen LogP contribution in [0.1, 0.15) is 10.4 Å². The maximum absolute atomic E-state index is 12.4. The quantitative estimate of drug-likeness (QED) is 0.215. The summed E-state index contributed by atoms with van der Waals surface area (Å²) in [5, 5.41) is 8.54. The molecule has 0 aliphatic carbocycles. The van der Waals surface area contributed by atoms with Gasteiger partial charge in [-0.1, -0.05) is 46.9 Å². The molecule has 0 radical (unpaired) electrons. The van der Waals surface area contributed by atoms with Crippen molar-refractivity contribution in [2.45, 2.75) is 9.96 Å². The molecule has 0 aliphatic rings. The summed E-state index contributed by atoms with van der Waals surface area (Å²) in [5.41, 5.74) is 1.06. The van der Waals surface area contributed by atoms with Crippen LogP contribution in [-0.2, 0) is 0 Å². The van der Waals surface area contributed by atoms with Crippen molar-refractivity contribution in [3.8, 4) is 5.75 Å². The Morgan fingerprint density at radius 1 is 1.11 bits per heavy atom. The summed E-state index contributed by atoms with van der Waals surface area (Å²) in [5.74, 6) is 0.185. The van der Waals surface area contributed by atoms with Crippen molar-refractivity contribution >= 4 is 86.3 Å². The van der Waals surface area contributed by atoms with E-state index in [9.17, 15) is 4.79 Å². The number of carbonyl (C=O) groups is 1. The van der Waals surface area contributed by atoms with Crippen molar-refractivity contribution in [1.82, 2.24) is 10.6 Å². The molecule has 0 heterocycles. The zero-order valence-corrected chi connectivity index (χ0v) is 19.2. The molecule has 0 fully saturated rings. The number of carbonyl (C=O) groups excluding carboxylic acids is 1. The number of methoxy groups -OCH3 is 1. The Balaban J connectivity index is 2.09. The van der Waals surface area contributed by atoms with E-state index in [1.54, 1.807) is 43.5 Å². The molecule has 2 aromatic rings. The average molecular weight is 559 g/mol. The van der Waals surface area contributed by atoms with Gasteiger partial charge in [-0.3, -0.25) is 4.79 Å². The summed E-state index contributed by atoms with van der Waals surface area (Å²) in [7, 11) is 1.54. The molecule has 3 N–H and O–H groups in total.